The molecule has 2 rings (SSSR count). The second-order valence-electron chi connectivity index (χ2n) is 6.60. The Kier molecular flexibility index (Phi) is 7.57. The highest BCUT2D eigenvalue weighted by molar-refractivity contribution is 5.95. The maximum atomic E-state index is 12.9. The molecule has 2 amide bonds. The lowest BCUT2D eigenvalue weighted by Gasteiger charge is -2.13. The van der Waals surface area contributed by atoms with Crippen LogP contribution in [0.25, 0.3) is 0 Å². The van der Waals surface area contributed by atoms with E-state index in [1.165, 1.54) is 12.1 Å². The van der Waals surface area contributed by atoms with Crippen LogP contribution < -0.4 is 10.6 Å². The number of ether oxygens (including phenoxy) is 1. The Bertz CT molecular complexity index is 942. The molecule has 0 radical (unpaired) electrons. The minimum Gasteiger partial charge on any atom is -0.456 e. The molecule has 30 heavy (non-hydrogen) atoms. The van der Waals surface area contributed by atoms with Gasteiger partial charge in [-0.2, -0.15) is 13.2 Å². The molecular weight excluding hydrogens is 401 g/mol. The summed E-state index contributed by atoms with van der Waals surface area (Å²) in [6.07, 6.45) is -5.07. The van der Waals surface area contributed by atoms with Crippen LogP contribution in [-0.2, 0) is 25.3 Å². The van der Waals surface area contributed by atoms with E-state index in [9.17, 15) is 27.6 Å². The predicted octanol–water partition coefficient (Wildman–Crippen LogP) is 4.22. The fraction of sp³-hybridized carbons (Fsp3) is 0.286. The van der Waals surface area contributed by atoms with Crippen molar-refractivity contribution in [3.8, 4) is 0 Å². The number of hydrogen-bond acceptors (Lipinski definition) is 4. The summed E-state index contributed by atoms with van der Waals surface area (Å²) in [5.74, 6) is -2.14. The van der Waals surface area contributed by atoms with Gasteiger partial charge in [0.1, 0.15) is 0 Å². The van der Waals surface area contributed by atoms with Crippen molar-refractivity contribution in [1.82, 2.24) is 0 Å². The summed E-state index contributed by atoms with van der Waals surface area (Å²) in [7, 11) is 0. The van der Waals surface area contributed by atoms with E-state index >= 15 is 0 Å². The summed E-state index contributed by atoms with van der Waals surface area (Å²) in [5, 5.41) is 4.72. The van der Waals surface area contributed by atoms with E-state index in [1.807, 2.05) is 19.9 Å². The molecule has 0 atom stereocenters. The van der Waals surface area contributed by atoms with Crippen LogP contribution >= 0.6 is 0 Å². The molecule has 0 aliphatic carbocycles. The van der Waals surface area contributed by atoms with E-state index in [4.69, 9.17) is 4.74 Å². The molecule has 9 heteroatoms. The average Bonchev–Trinajstić information content (AvgIpc) is 2.67. The fourth-order valence-corrected chi connectivity index (χ4v) is 2.50. The van der Waals surface area contributed by atoms with Crippen molar-refractivity contribution < 1.29 is 32.3 Å². The first kappa shape index (κ1) is 22.9. The lowest BCUT2D eigenvalue weighted by Crippen LogP contribution is -2.23. The van der Waals surface area contributed by atoms with E-state index in [0.29, 0.717) is 5.69 Å². The number of nitrogens with one attached hydrogen (secondary N) is 2. The van der Waals surface area contributed by atoms with E-state index in [-0.39, 0.29) is 12.8 Å². The normalized spacial score (nSPS) is 11.0. The van der Waals surface area contributed by atoms with Crippen molar-refractivity contribution in [1.29, 1.82) is 0 Å². The number of benzene rings is 2. The topological polar surface area (TPSA) is 84.5 Å². The molecule has 0 saturated carbocycles. The Morgan fingerprint density at radius 2 is 1.60 bits per heavy atom. The van der Waals surface area contributed by atoms with Gasteiger partial charge < -0.3 is 15.4 Å². The van der Waals surface area contributed by atoms with Gasteiger partial charge in [0.2, 0.25) is 5.91 Å². The molecule has 0 aromatic heterocycles. The van der Waals surface area contributed by atoms with Gasteiger partial charge >= 0.3 is 12.1 Å². The number of anilines is 2. The van der Waals surface area contributed by atoms with Gasteiger partial charge in [0, 0.05) is 12.1 Å². The number of rotatable bonds is 7. The Morgan fingerprint density at radius 3 is 2.27 bits per heavy atom. The quantitative estimate of drug-likeness (QED) is 0.655. The molecule has 0 heterocycles. The Balaban J connectivity index is 1.77. The van der Waals surface area contributed by atoms with Gasteiger partial charge in [-0.25, -0.2) is 0 Å². The summed E-state index contributed by atoms with van der Waals surface area (Å²) in [6, 6.07) is 9.85. The van der Waals surface area contributed by atoms with Crippen LogP contribution in [0, 0.1) is 13.8 Å². The highest BCUT2D eigenvalue weighted by atomic mass is 19.4. The van der Waals surface area contributed by atoms with Crippen LogP contribution in [-0.4, -0.2) is 24.4 Å². The molecule has 0 aliphatic heterocycles. The van der Waals surface area contributed by atoms with Gasteiger partial charge in [0.05, 0.1) is 17.7 Å². The SMILES string of the molecule is Cc1ccc(NC(=O)CCC(=O)OCC(=O)Nc2ccccc2C(F)(F)F)cc1C. The second kappa shape index (κ2) is 9.91. The first-order valence-corrected chi connectivity index (χ1v) is 9.05. The maximum Gasteiger partial charge on any atom is 0.418 e. The first-order chi connectivity index (χ1) is 14.1. The van der Waals surface area contributed by atoms with Gasteiger partial charge in [-0.15, -0.1) is 0 Å². The van der Waals surface area contributed by atoms with Gasteiger partial charge in [-0.1, -0.05) is 18.2 Å². The summed E-state index contributed by atoms with van der Waals surface area (Å²) >= 11 is 0. The number of amides is 2. The van der Waals surface area contributed by atoms with Crippen LogP contribution in [0.4, 0.5) is 24.5 Å². The summed E-state index contributed by atoms with van der Waals surface area (Å²) in [5.41, 5.74) is 1.24. The minimum absolute atomic E-state index is 0.162. The fourth-order valence-electron chi connectivity index (χ4n) is 2.50. The molecule has 0 bridgehead atoms. The van der Waals surface area contributed by atoms with Gasteiger partial charge in [-0.3, -0.25) is 14.4 Å². The zero-order valence-corrected chi connectivity index (χ0v) is 16.4. The number of aryl methyl sites for hydroxylation is 2. The lowest BCUT2D eigenvalue weighted by atomic mass is 10.1. The molecule has 0 unspecified atom stereocenters. The highest BCUT2D eigenvalue weighted by Gasteiger charge is 2.33. The zero-order chi connectivity index (χ0) is 22.3. The summed E-state index contributed by atoms with van der Waals surface area (Å²) in [6.45, 7) is 3.08. The number of hydrogen-bond donors (Lipinski definition) is 2. The zero-order valence-electron chi connectivity index (χ0n) is 16.4. The van der Waals surface area contributed by atoms with Crippen molar-refractivity contribution >= 4 is 29.2 Å². The molecule has 6 nitrogen and oxygen atoms in total. The maximum absolute atomic E-state index is 12.9. The van der Waals surface area contributed by atoms with Gasteiger partial charge in [0.25, 0.3) is 5.91 Å². The van der Waals surface area contributed by atoms with Crippen LogP contribution in [0.3, 0.4) is 0 Å². The molecule has 160 valence electrons. The van der Waals surface area contributed by atoms with Crippen molar-refractivity contribution in [3.63, 3.8) is 0 Å². The van der Waals surface area contributed by atoms with E-state index < -0.39 is 41.8 Å². The third-order valence-electron chi connectivity index (χ3n) is 4.22. The van der Waals surface area contributed by atoms with Gasteiger partial charge in [0.15, 0.2) is 6.61 Å². The lowest BCUT2D eigenvalue weighted by molar-refractivity contribution is -0.148. The standard InChI is InChI=1S/C21H21F3N2O4/c1-13-7-8-15(11-14(13)2)25-18(27)9-10-20(29)30-12-19(28)26-17-6-4-3-5-16(17)21(22,23)24/h3-8,11H,9-10,12H2,1-2H3,(H,25,27)(H,26,28). The highest BCUT2D eigenvalue weighted by Crippen LogP contribution is 2.34. The summed E-state index contributed by atoms with van der Waals surface area (Å²) < 4.78 is 43.5. The number of carbonyl (C=O) groups excluding carboxylic acids is 3. The number of halogens is 3. The monoisotopic (exact) mass is 422 g/mol. The minimum atomic E-state index is -4.64. The van der Waals surface area contributed by atoms with E-state index in [1.54, 1.807) is 12.1 Å². The Labute approximate surface area is 171 Å². The van der Waals surface area contributed by atoms with E-state index in [2.05, 4.69) is 10.6 Å². The Morgan fingerprint density at radius 1 is 0.900 bits per heavy atom. The molecule has 0 aliphatic rings. The van der Waals surface area contributed by atoms with Crippen LogP contribution in [0.15, 0.2) is 42.5 Å². The Hall–Kier alpha value is -3.36. The largest absolute Gasteiger partial charge is 0.456 e. The van der Waals surface area contributed by atoms with Crippen LogP contribution in [0.1, 0.15) is 29.5 Å². The summed E-state index contributed by atoms with van der Waals surface area (Å²) in [4.78, 5) is 35.4. The van der Waals surface area contributed by atoms with Crippen molar-refractivity contribution in [2.24, 2.45) is 0 Å². The van der Waals surface area contributed by atoms with Gasteiger partial charge in [-0.05, 0) is 49.2 Å². The number of para-hydroxylation sites is 1. The van der Waals surface area contributed by atoms with Crippen molar-refractivity contribution in [3.05, 3.63) is 59.2 Å². The number of esters is 1. The predicted molar refractivity (Wildman–Crippen MR) is 105 cm³/mol. The number of alkyl halides is 3. The van der Waals surface area contributed by atoms with Crippen molar-refractivity contribution in [2.75, 3.05) is 17.2 Å². The molecule has 2 N–H and O–H groups in total. The third-order valence-corrected chi connectivity index (χ3v) is 4.22. The molecule has 0 saturated heterocycles. The number of carbonyl (C=O) groups is 3. The van der Waals surface area contributed by atoms with Crippen LogP contribution in [0.2, 0.25) is 0 Å². The second-order valence-corrected chi connectivity index (χ2v) is 6.60. The van der Waals surface area contributed by atoms with E-state index in [0.717, 1.165) is 23.3 Å². The smallest absolute Gasteiger partial charge is 0.418 e. The third kappa shape index (κ3) is 6.91. The van der Waals surface area contributed by atoms with Crippen molar-refractivity contribution in [2.45, 2.75) is 32.9 Å². The first-order valence-electron chi connectivity index (χ1n) is 9.05. The molecule has 2 aromatic carbocycles. The molecular formula is C21H21F3N2O4. The van der Waals surface area contributed by atoms with Crippen LogP contribution in [0.5, 0.6) is 0 Å². The molecule has 0 spiro atoms. The average molecular weight is 422 g/mol. The molecule has 0 fully saturated rings. The molecule has 2 aromatic rings.